The van der Waals surface area contributed by atoms with Gasteiger partial charge < -0.3 is 29.2 Å². The number of anilines is 1. The lowest BCUT2D eigenvalue weighted by Gasteiger charge is -2.31. The van der Waals surface area contributed by atoms with Gasteiger partial charge in [0.2, 0.25) is 0 Å². The number of morpholine rings is 1. The Hall–Kier alpha value is -4.32. The van der Waals surface area contributed by atoms with E-state index in [0.29, 0.717) is 66.4 Å². The minimum atomic E-state index is -0.521. The predicted octanol–water partition coefficient (Wildman–Crippen LogP) is 4.91. The number of halogens is 1. The number of carbonyl (C=O) groups excluding carboxylic acids is 2. The molecule has 0 spiro atoms. The maximum atomic E-state index is 14.2. The molecule has 2 aliphatic rings. The van der Waals surface area contributed by atoms with Crippen LogP contribution in [-0.4, -0.2) is 99.7 Å². The van der Waals surface area contributed by atoms with Crippen LogP contribution in [-0.2, 0) is 9.53 Å². The molecular formula is C33H38ClN5O6. The van der Waals surface area contributed by atoms with Crippen LogP contribution in [0.5, 0.6) is 17.2 Å². The number of ether oxygens (including phenoxy) is 4. The van der Waals surface area contributed by atoms with Gasteiger partial charge in [-0.2, -0.15) is 5.10 Å². The Balaban J connectivity index is 1.45. The largest absolute Gasteiger partial charge is 0.497 e. The number of hydrazone groups is 1. The van der Waals surface area contributed by atoms with Crippen LogP contribution < -0.4 is 19.5 Å². The van der Waals surface area contributed by atoms with Gasteiger partial charge in [-0.05, 0) is 36.4 Å². The molecule has 0 saturated carbocycles. The second kappa shape index (κ2) is 15.1. The summed E-state index contributed by atoms with van der Waals surface area (Å²) in [5, 5.41) is 9.69. The van der Waals surface area contributed by atoms with Crippen LogP contribution in [0.3, 0.4) is 0 Å². The van der Waals surface area contributed by atoms with Crippen LogP contribution in [0.15, 0.2) is 71.8 Å². The van der Waals surface area contributed by atoms with Gasteiger partial charge in [0.25, 0.3) is 5.91 Å². The molecule has 1 atom stereocenters. The van der Waals surface area contributed by atoms with E-state index in [1.165, 1.54) is 9.91 Å². The third kappa shape index (κ3) is 7.67. The minimum absolute atomic E-state index is 0.215. The summed E-state index contributed by atoms with van der Waals surface area (Å²) >= 11 is 6.56. The average molecular weight is 636 g/mol. The predicted molar refractivity (Wildman–Crippen MR) is 173 cm³/mol. The number of para-hydroxylation sites is 2. The standard InChI is InChI=1S/C33H38ClN5O6/c1-42-23-12-13-30(43-2)25(20-23)29-21-28(24-8-4-5-9-26(24)34)36-39(29)32(40)22-38(15-14-37-16-18-45-19-17-37)33(41)35-27-10-6-7-11-31(27)44-3/h4-13,20,29H,14-19,21-22H2,1-3H3,(H,35,41). The first-order valence-electron chi connectivity index (χ1n) is 14.8. The Bertz CT molecular complexity index is 1530. The summed E-state index contributed by atoms with van der Waals surface area (Å²) in [5.41, 5.74) is 2.63. The highest BCUT2D eigenvalue weighted by atomic mass is 35.5. The lowest BCUT2D eigenvalue weighted by atomic mass is 9.97. The number of urea groups is 1. The van der Waals surface area contributed by atoms with E-state index in [1.807, 2.05) is 36.4 Å². The summed E-state index contributed by atoms with van der Waals surface area (Å²) in [7, 11) is 4.71. The van der Waals surface area contributed by atoms with Crippen LogP contribution in [0.1, 0.15) is 23.6 Å². The minimum Gasteiger partial charge on any atom is -0.497 e. The van der Waals surface area contributed by atoms with Crippen LogP contribution in [0.4, 0.5) is 10.5 Å². The second-order valence-electron chi connectivity index (χ2n) is 10.6. The lowest BCUT2D eigenvalue weighted by Crippen LogP contribution is -2.47. The zero-order valence-corrected chi connectivity index (χ0v) is 26.5. The molecule has 1 fully saturated rings. The van der Waals surface area contributed by atoms with Crippen molar-refractivity contribution in [2.45, 2.75) is 12.5 Å². The van der Waals surface area contributed by atoms with E-state index in [4.69, 9.17) is 35.6 Å². The monoisotopic (exact) mass is 635 g/mol. The van der Waals surface area contributed by atoms with Crippen molar-refractivity contribution in [1.29, 1.82) is 0 Å². The van der Waals surface area contributed by atoms with Crippen LogP contribution in [0, 0.1) is 0 Å². The Morgan fingerprint density at radius 3 is 2.44 bits per heavy atom. The number of nitrogens with one attached hydrogen (secondary N) is 1. The molecule has 2 aliphatic heterocycles. The molecule has 5 rings (SSSR count). The molecular weight excluding hydrogens is 598 g/mol. The van der Waals surface area contributed by atoms with Gasteiger partial charge in [0.05, 0.1) is 52.0 Å². The zero-order chi connectivity index (χ0) is 31.8. The number of hydrogen-bond acceptors (Lipinski definition) is 8. The molecule has 2 heterocycles. The van der Waals surface area contributed by atoms with Crippen molar-refractivity contribution in [3.63, 3.8) is 0 Å². The smallest absolute Gasteiger partial charge is 0.322 e. The van der Waals surface area contributed by atoms with Gasteiger partial charge in [-0.15, -0.1) is 0 Å². The maximum absolute atomic E-state index is 14.2. The quantitative estimate of drug-likeness (QED) is 0.319. The van der Waals surface area contributed by atoms with Crippen LogP contribution in [0.25, 0.3) is 0 Å². The molecule has 0 bridgehead atoms. The fraction of sp³-hybridized carbons (Fsp3) is 0.364. The number of amides is 3. The fourth-order valence-corrected chi connectivity index (χ4v) is 5.70. The van der Waals surface area contributed by atoms with Gasteiger partial charge in [-0.1, -0.05) is 41.9 Å². The van der Waals surface area contributed by atoms with Crippen molar-refractivity contribution >= 4 is 34.9 Å². The summed E-state index contributed by atoms with van der Waals surface area (Å²) in [4.78, 5) is 31.7. The van der Waals surface area contributed by atoms with Crippen molar-refractivity contribution in [3.8, 4) is 17.2 Å². The molecule has 3 aromatic rings. The van der Waals surface area contributed by atoms with Crippen molar-refractivity contribution in [2.24, 2.45) is 5.10 Å². The molecule has 12 heteroatoms. The van der Waals surface area contributed by atoms with Crippen molar-refractivity contribution < 1.29 is 28.5 Å². The first kappa shape index (κ1) is 32.1. The van der Waals surface area contributed by atoms with E-state index in [-0.39, 0.29) is 12.5 Å². The third-order valence-electron chi connectivity index (χ3n) is 7.90. The molecule has 1 unspecified atom stereocenters. The van der Waals surface area contributed by atoms with Gasteiger partial charge in [-0.3, -0.25) is 9.69 Å². The van der Waals surface area contributed by atoms with Gasteiger partial charge in [-0.25, -0.2) is 9.80 Å². The Morgan fingerprint density at radius 1 is 0.978 bits per heavy atom. The fourth-order valence-electron chi connectivity index (χ4n) is 5.46. The van der Waals surface area contributed by atoms with Gasteiger partial charge in [0, 0.05) is 48.7 Å². The lowest BCUT2D eigenvalue weighted by molar-refractivity contribution is -0.133. The Labute approximate surface area is 268 Å². The maximum Gasteiger partial charge on any atom is 0.322 e. The molecule has 3 amide bonds. The Morgan fingerprint density at radius 2 is 1.71 bits per heavy atom. The summed E-state index contributed by atoms with van der Waals surface area (Å²) in [5.74, 6) is 1.37. The molecule has 45 heavy (non-hydrogen) atoms. The van der Waals surface area contributed by atoms with Crippen molar-refractivity contribution in [3.05, 3.63) is 82.9 Å². The highest BCUT2D eigenvalue weighted by Crippen LogP contribution is 2.40. The summed E-state index contributed by atoms with van der Waals surface area (Å²) in [6, 6.07) is 19.1. The molecule has 1 N–H and O–H groups in total. The highest BCUT2D eigenvalue weighted by Gasteiger charge is 2.37. The van der Waals surface area contributed by atoms with E-state index in [9.17, 15) is 9.59 Å². The summed E-state index contributed by atoms with van der Waals surface area (Å²) in [6.45, 7) is 3.45. The van der Waals surface area contributed by atoms with E-state index in [2.05, 4.69) is 10.2 Å². The number of hydrogen-bond donors (Lipinski definition) is 1. The van der Waals surface area contributed by atoms with E-state index >= 15 is 0 Å². The first-order valence-corrected chi connectivity index (χ1v) is 15.1. The molecule has 0 radical (unpaired) electrons. The number of rotatable bonds is 11. The highest BCUT2D eigenvalue weighted by molar-refractivity contribution is 6.34. The topological polar surface area (TPSA) is 105 Å². The van der Waals surface area contributed by atoms with E-state index in [1.54, 1.807) is 51.7 Å². The van der Waals surface area contributed by atoms with Crippen LogP contribution >= 0.6 is 11.6 Å². The normalized spacial score (nSPS) is 16.6. The van der Waals surface area contributed by atoms with Crippen LogP contribution in [0.2, 0.25) is 5.02 Å². The molecule has 238 valence electrons. The first-order chi connectivity index (χ1) is 21.9. The van der Waals surface area contributed by atoms with Crippen molar-refractivity contribution in [2.75, 3.05) is 72.6 Å². The van der Waals surface area contributed by atoms with Gasteiger partial charge in [0.1, 0.15) is 23.8 Å². The van der Waals surface area contributed by atoms with Gasteiger partial charge in [0.15, 0.2) is 0 Å². The molecule has 3 aromatic carbocycles. The number of nitrogens with zero attached hydrogens (tertiary/aromatic N) is 4. The number of benzene rings is 3. The molecule has 0 aromatic heterocycles. The van der Waals surface area contributed by atoms with E-state index < -0.39 is 12.1 Å². The SMILES string of the molecule is COc1ccc(OC)c(C2CC(c3ccccc3Cl)=NN2C(=O)CN(CCN2CCOCC2)C(=O)Nc2ccccc2OC)c1. The summed E-state index contributed by atoms with van der Waals surface area (Å²) < 4.78 is 22.1. The molecule has 1 saturated heterocycles. The Kier molecular flexibility index (Phi) is 10.8. The van der Waals surface area contributed by atoms with Crippen molar-refractivity contribution in [1.82, 2.24) is 14.8 Å². The average Bonchev–Trinajstić information content (AvgIpc) is 3.52. The summed E-state index contributed by atoms with van der Waals surface area (Å²) in [6.07, 6.45) is 0.389. The van der Waals surface area contributed by atoms with E-state index in [0.717, 1.165) is 24.2 Å². The molecule has 0 aliphatic carbocycles. The number of methoxy groups -OCH3 is 3. The second-order valence-corrected chi connectivity index (χ2v) is 11.0. The third-order valence-corrected chi connectivity index (χ3v) is 8.23. The number of carbonyl (C=O) groups is 2. The molecule has 11 nitrogen and oxygen atoms in total. The van der Waals surface area contributed by atoms with Gasteiger partial charge >= 0.3 is 6.03 Å². The zero-order valence-electron chi connectivity index (χ0n) is 25.7.